The molecule has 1 aliphatic heterocycles. The van der Waals surface area contributed by atoms with Gasteiger partial charge in [0, 0.05) is 29.5 Å². The zero-order valence-corrected chi connectivity index (χ0v) is 12.0. The van der Waals surface area contributed by atoms with Crippen LogP contribution in [-0.2, 0) is 4.79 Å². The maximum atomic E-state index is 11.8. The van der Waals surface area contributed by atoms with E-state index in [4.69, 9.17) is 0 Å². The minimum Gasteiger partial charge on any atom is -0.300 e. The second kappa shape index (κ2) is 3.83. The Morgan fingerprint density at radius 2 is 1.56 bits per heavy atom. The van der Waals surface area contributed by atoms with Crippen LogP contribution in [0.15, 0.2) is 0 Å². The summed E-state index contributed by atoms with van der Waals surface area (Å²) in [6.07, 6.45) is 2.36. The first kappa shape index (κ1) is 13.7. The summed E-state index contributed by atoms with van der Waals surface area (Å²) in [6.45, 7) is 15.6. The summed E-state index contributed by atoms with van der Waals surface area (Å²) in [7, 11) is 0. The fourth-order valence-electron chi connectivity index (χ4n) is 3.84. The molecule has 1 aliphatic rings. The Hall–Kier alpha value is -0.370. The Morgan fingerprint density at radius 3 is 2.00 bits per heavy atom. The standard InChI is InChI=1S/C14H27NO/c1-12(2,3)15-13(4,5)9-8-11(16)10-14(15,6)7/h8-10H2,1-7H3. The van der Waals surface area contributed by atoms with Crippen molar-refractivity contribution in [2.24, 2.45) is 0 Å². The van der Waals surface area contributed by atoms with Gasteiger partial charge in [0.15, 0.2) is 0 Å². The number of hydrogen-bond acceptors (Lipinski definition) is 2. The highest BCUT2D eigenvalue weighted by molar-refractivity contribution is 5.80. The highest BCUT2D eigenvalue weighted by Gasteiger charge is 2.46. The fourth-order valence-corrected chi connectivity index (χ4v) is 3.84. The number of carbonyl (C=O) groups is 1. The van der Waals surface area contributed by atoms with Gasteiger partial charge in [-0.3, -0.25) is 9.69 Å². The van der Waals surface area contributed by atoms with Gasteiger partial charge < -0.3 is 0 Å². The summed E-state index contributed by atoms with van der Waals surface area (Å²) in [5.41, 5.74) is 0.140. The monoisotopic (exact) mass is 225 g/mol. The maximum absolute atomic E-state index is 11.8. The van der Waals surface area contributed by atoms with E-state index in [0.29, 0.717) is 12.2 Å². The molecule has 1 rings (SSSR count). The third-order valence-electron chi connectivity index (χ3n) is 3.53. The van der Waals surface area contributed by atoms with Crippen molar-refractivity contribution in [1.29, 1.82) is 0 Å². The van der Waals surface area contributed by atoms with Crippen LogP contribution < -0.4 is 0 Å². The van der Waals surface area contributed by atoms with Gasteiger partial charge in [-0.15, -0.1) is 0 Å². The minimum atomic E-state index is -0.0463. The van der Waals surface area contributed by atoms with Gasteiger partial charge in [0.1, 0.15) is 5.78 Å². The molecular weight excluding hydrogens is 198 g/mol. The quantitative estimate of drug-likeness (QED) is 0.630. The number of likely N-dealkylation sites (tertiary alicyclic amines) is 1. The molecule has 0 saturated carbocycles. The predicted octanol–water partition coefficient (Wildman–Crippen LogP) is 3.40. The lowest BCUT2D eigenvalue weighted by Gasteiger charge is -2.54. The Morgan fingerprint density at radius 1 is 1.06 bits per heavy atom. The molecule has 2 nitrogen and oxygen atoms in total. The molecule has 0 radical (unpaired) electrons. The number of hydrogen-bond donors (Lipinski definition) is 0. The van der Waals surface area contributed by atoms with Gasteiger partial charge in [0.25, 0.3) is 0 Å². The van der Waals surface area contributed by atoms with Crippen LogP contribution in [0.3, 0.4) is 0 Å². The first-order valence-corrected chi connectivity index (χ1v) is 6.29. The molecule has 0 bridgehead atoms. The average Bonchev–Trinajstić information content (AvgIpc) is 2.01. The second-order valence-electron chi connectivity index (χ2n) is 7.35. The van der Waals surface area contributed by atoms with E-state index in [9.17, 15) is 4.79 Å². The van der Waals surface area contributed by atoms with E-state index in [0.717, 1.165) is 12.8 Å². The summed E-state index contributed by atoms with van der Waals surface area (Å²) < 4.78 is 0. The highest BCUT2D eigenvalue weighted by atomic mass is 16.1. The normalized spacial score (nSPS) is 26.6. The molecule has 1 heterocycles. The number of ketones is 1. The van der Waals surface area contributed by atoms with Gasteiger partial charge in [-0.25, -0.2) is 0 Å². The number of Topliss-reactive ketones (excluding diaryl/α,β-unsaturated/α-hetero) is 1. The van der Waals surface area contributed by atoms with Gasteiger partial charge in [-0.1, -0.05) is 0 Å². The molecule has 94 valence electrons. The summed E-state index contributed by atoms with van der Waals surface area (Å²) in [4.78, 5) is 14.4. The van der Waals surface area contributed by atoms with E-state index in [1.54, 1.807) is 0 Å². The van der Waals surface area contributed by atoms with E-state index in [-0.39, 0.29) is 16.6 Å². The van der Waals surface area contributed by atoms with Crippen molar-refractivity contribution in [1.82, 2.24) is 4.90 Å². The van der Waals surface area contributed by atoms with Crippen LogP contribution in [0.4, 0.5) is 0 Å². The van der Waals surface area contributed by atoms with Crippen LogP contribution in [0, 0.1) is 0 Å². The number of carbonyl (C=O) groups excluding carboxylic acids is 1. The average molecular weight is 225 g/mol. The van der Waals surface area contributed by atoms with Gasteiger partial charge in [-0.2, -0.15) is 0 Å². The first-order valence-electron chi connectivity index (χ1n) is 6.29. The lowest BCUT2D eigenvalue weighted by molar-refractivity contribution is -0.121. The van der Waals surface area contributed by atoms with Gasteiger partial charge in [-0.05, 0) is 54.9 Å². The van der Waals surface area contributed by atoms with E-state index >= 15 is 0 Å². The Kier molecular flexibility index (Phi) is 3.28. The third-order valence-corrected chi connectivity index (χ3v) is 3.53. The molecule has 16 heavy (non-hydrogen) atoms. The largest absolute Gasteiger partial charge is 0.300 e. The Balaban J connectivity index is 3.19. The minimum absolute atomic E-state index is 0.0463. The molecule has 0 aliphatic carbocycles. The van der Waals surface area contributed by atoms with Crippen LogP contribution in [0.5, 0.6) is 0 Å². The van der Waals surface area contributed by atoms with Crippen molar-refractivity contribution in [2.75, 3.05) is 0 Å². The zero-order chi connectivity index (χ0) is 12.8. The van der Waals surface area contributed by atoms with Gasteiger partial charge in [0.2, 0.25) is 0 Å². The Labute approximate surface area is 100 Å². The molecule has 2 heteroatoms. The molecule has 0 aromatic carbocycles. The molecule has 0 unspecified atom stereocenters. The highest BCUT2D eigenvalue weighted by Crippen LogP contribution is 2.40. The van der Waals surface area contributed by atoms with Crippen molar-refractivity contribution in [3.8, 4) is 0 Å². The molecule has 0 atom stereocenters. The molecule has 0 aromatic heterocycles. The van der Waals surface area contributed by atoms with Crippen molar-refractivity contribution >= 4 is 5.78 Å². The molecule has 1 saturated heterocycles. The fraction of sp³-hybridized carbons (Fsp3) is 0.929. The van der Waals surface area contributed by atoms with Gasteiger partial charge in [0.05, 0.1) is 0 Å². The number of rotatable bonds is 0. The number of nitrogens with zero attached hydrogens (tertiary/aromatic N) is 1. The van der Waals surface area contributed by atoms with E-state index in [1.165, 1.54) is 0 Å². The summed E-state index contributed by atoms with van der Waals surface area (Å²) >= 11 is 0. The summed E-state index contributed by atoms with van der Waals surface area (Å²) in [6, 6.07) is 0. The van der Waals surface area contributed by atoms with Crippen molar-refractivity contribution in [3.63, 3.8) is 0 Å². The maximum Gasteiger partial charge on any atom is 0.134 e. The lowest BCUT2D eigenvalue weighted by Crippen LogP contribution is -2.62. The van der Waals surface area contributed by atoms with Crippen LogP contribution >= 0.6 is 0 Å². The molecule has 0 aromatic rings. The lowest BCUT2D eigenvalue weighted by atomic mass is 9.85. The molecular formula is C14H27NO. The zero-order valence-electron chi connectivity index (χ0n) is 12.0. The topological polar surface area (TPSA) is 20.3 Å². The van der Waals surface area contributed by atoms with Crippen LogP contribution in [-0.4, -0.2) is 27.3 Å². The molecule has 1 fully saturated rings. The third kappa shape index (κ3) is 2.65. The molecule has 0 amide bonds. The Bertz CT molecular complexity index is 284. The smallest absolute Gasteiger partial charge is 0.134 e. The van der Waals surface area contributed by atoms with Crippen LogP contribution in [0.2, 0.25) is 0 Å². The van der Waals surface area contributed by atoms with Crippen molar-refractivity contribution in [3.05, 3.63) is 0 Å². The van der Waals surface area contributed by atoms with Crippen molar-refractivity contribution in [2.45, 2.75) is 84.3 Å². The summed E-state index contributed by atoms with van der Waals surface area (Å²) in [5.74, 6) is 0.407. The summed E-state index contributed by atoms with van der Waals surface area (Å²) in [5, 5.41) is 0. The van der Waals surface area contributed by atoms with Crippen molar-refractivity contribution < 1.29 is 4.79 Å². The van der Waals surface area contributed by atoms with Crippen LogP contribution in [0.25, 0.3) is 0 Å². The van der Waals surface area contributed by atoms with E-state index < -0.39 is 0 Å². The molecule has 0 spiro atoms. The predicted molar refractivity (Wildman–Crippen MR) is 68.6 cm³/mol. The SMILES string of the molecule is CC(C)(C)N1C(C)(C)CCC(=O)CC1(C)C. The second-order valence-corrected chi connectivity index (χ2v) is 7.35. The van der Waals surface area contributed by atoms with E-state index in [1.807, 2.05) is 0 Å². The van der Waals surface area contributed by atoms with Crippen LogP contribution in [0.1, 0.15) is 67.7 Å². The van der Waals surface area contributed by atoms with Gasteiger partial charge >= 0.3 is 0 Å². The molecule has 0 N–H and O–H groups in total. The first-order chi connectivity index (χ1) is 6.97. The van der Waals surface area contributed by atoms with E-state index in [2.05, 4.69) is 53.4 Å².